The van der Waals surface area contributed by atoms with Crippen LogP contribution in [0.3, 0.4) is 0 Å². The number of hydrogen-bond acceptors (Lipinski definition) is 2. The molecule has 146 valence electrons. The molecule has 3 rings (SSSR count). The molecule has 2 heterocycles. The quantitative estimate of drug-likeness (QED) is 0.831. The van der Waals surface area contributed by atoms with E-state index in [1.165, 1.54) is 5.56 Å². The Balaban J connectivity index is 1.73. The molecule has 0 spiro atoms. The molecule has 1 saturated heterocycles. The predicted molar refractivity (Wildman–Crippen MR) is 109 cm³/mol. The van der Waals surface area contributed by atoms with Gasteiger partial charge >= 0.3 is 0 Å². The lowest BCUT2D eigenvalue weighted by Gasteiger charge is -2.37. The third kappa shape index (κ3) is 4.02. The number of piperazine rings is 1. The van der Waals surface area contributed by atoms with Gasteiger partial charge in [0.2, 0.25) is 5.91 Å². The van der Waals surface area contributed by atoms with E-state index in [0.717, 1.165) is 10.9 Å². The van der Waals surface area contributed by atoms with Crippen LogP contribution in [0.1, 0.15) is 57.6 Å². The number of aromatic amines is 1. The summed E-state index contributed by atoms with van der Waals surface area (Å²) in [4.78, 5) is 32.3. The van der Waals surface area contributed by atoms with Crippen LogP contribution in [0.5, 0.6) is 0 Å². The molecule has 1 fully saturated rings. The van der Waals surface area contributed by atoms with Gasteiger partial charge in [0, 0.05) is 42.5 Å². The zero-order valence-electron chi connectivity index (χ0n) is 17.3. The highest BCUT2D eigenvalue weighted by molar-refractivity contribution is 5.98. The van der Waals surface area contributed by atoms with Gasteiger partial charge in [-0.3, -0.25) is 9.59 Å². The fourth-order valence-electron chi connectivity index (χ4n) is 3.47. The van der Waals surface area contributed by atoms with E-state index in [1.54, 1.807) is 0 Å². The number of fused-ring (bicyclic) bond motifs is 1. The molecule has 0 unspecified atom stereocenters. The average molecular weight is 370 g/mol. The Kier molecular flexibility index (Phi) is 4.83. The summed E-state index contributed by atoms with van der Waals surface area (Å²) in [5.74, 6) is 0.154. The maximum atomic E-state index is 12.9. The Hall–Kier alpha value is -2.30. The lowest BCUT2D eigenvalue weighted by molar-refractivity contribution is -0.140. The SMILES string of the molecule is CC(C)(C)C(=O)N1CCN(C(=O)c2cc3ccc(C(C)(C)C)cc3[nH]2)CC1. The average Bonchev–Trinajstić information content (AvgIpc) is 3.02. The maximum Gasteiger partial charge on any atom is 0.270 e. The van der Waals surface area contributed by atoms with E-state index in [0.29, 0.717) is 31.9 Å². The Bertz CT molecular complexity index is 860. The Morgan fingerprint density at radius 3 is 2.04 bits per heavy atom. The van der Waals surface area contributed by atoms with E-state index in [9.17, 15) is 9.59 Å². The number of nitrogens with one attached hydrogen (secondary N) is 1. The molecular weight excluding hydrogens is 338 g/mol. The van der Waals surface area contributed by atoms with Crippen molar-refractivity contribution in [3.05, 3.63) is 35.5 Å². The summed E-state index contributed by atoms with van der Waals surface area (Å²) in [6.07, 6.45) is 0. The van der Waals surface area contributed by atoms with Gasteiger partial charge in [-0.1, -0.05) is 53.7 Å². The second-order valence-electron chi connectivity index (χ2n) is 9.57. The van der Waals surface area contributed by atoms with Gasteiger partial charge in [0.15, 0.2) is 0 Å². The van der Waals surface area contributed by atoms with Gasteiger partial charge in [0.05, 0.1) is 0 Å². The molecule has 1 aliphatic heterocycles. The highest BCUT2D eigenvalue weighted by Crippen LogP contribution is 2.27. The van der Waals surface area contributed by atoms with E-state index >= 15 is 0 Å². The molecule has 0 saturated carbocycles. The van der Waals surface area contributed by atoms with Crippen LogP contribution in [0.25, 0.3) is 10.9 Å². The molecule has 5 heteroatoms. The van der Waals surface area contributed by atoms with Crippen molar-refractivity contribution >= 4 is 22.7 Å². The van der Waals surface area contributed by atoms with Crippen LogP contribution in [0.4, 0.5) is 0 Å². The van der Waals surface area contributed by atoms with Crippen molar-refractivity contribution in [1.29, 1.82) is 0 Å². The molecule has 27 heavy (non-hydrogen) atoms. The van der Waals surface area contributed by atoms with Gasteiger partial charge in [0.25, 0.3) is 5.91 Å². The number of carbonyl (C=O) groups excluding carboxylic acids is 2. The molecule has 1 aromatic heterocycles. The van der Waals surface area contributed by atoms with E-state index in [-0.39, 0.29) is 22.6 Å². The molecule has 5 nitrogen and oxygen atoms in total. The molecular formula is C22H31N3O2. The van der Waals surface area contributed by atoms with Crippen molar-refractivity contribution in [3.8, 4) is 0 Å². The van der Waals surface area contributed by atoms with Crippen molar-refractivity contribution in [2.24, 2.45) is 5.41 Å². The fraction of sp³-hybridized carbons (Fsp3) is 0.545. The van der Waals surface area contributed by atoms with Gasteiger partial charge in [-0.25, -0.2) is 0 Å². The summed E-state index contributed by atoms with van der Waals surface area (Å²) in [7, 11) is 0. The summed E-state index contributed by atoms with van der Waals surface area (Å²) >= 11 is 0. The molecule has 0 aliphatic carbocycles. The molecule has 1 N–H and O–H groups in total. The minimum atomic E-state index is -0.381. The van der Waals surface area contributed by atoms with Crippen LogP contribution in [0.2, 0.25) is 0 Å². The molecule has 1 aromatic carbocycles. The third-order valence-electron chi connectivity index (χ3n) is 5.21. The van der Waals surface area contributed by atoms with Crippen molar-refractivity contribution in [1.82, 2.24) is 14.8 Å². The largest absolute Gasteiger partial charge is 0.351 e. The van der Waals surface area contributed by atoms with E-state index < -0.39 is 0 Å². The molecule has 1 aliphatic rings. The number of rotatable bonds is 1. The molecule has 0 bridgehead atoms. The molecule has 0 atom stereocenters. The van der Waals surface area contributed by atoms with Gasteiger partial charge in [-0.15, -0.1) is 0 Å². The fourth-order valence-corrected chi connectivity index (χ4v) is 3.47. The first-order chi connectivity index (χ1) is 12.5. The van der Waals surface area contributed by atoms with E-state index in [2.05, 4.69) is 44.0 Å². The van der Waals surface area contributed by atoms with Crippen molar-refractivity contribution in [3.63, 3.8) is 0 Å². The van der Waals surface area contributed by atoms with Crippen molar-refractivity contribution in [2.75, 3.05) is 26.2 Å². The van der Waals surface area contributed by atoms with Gasteiger partial charge in [0.1, 0.15) is 5.69 Å². The zero-order chi connectivity index (χ0) is 20.0. The summed E-state index contributed by atoms with van der Waals surface area (Å²) in [5, 5.41) is 1.05. The van der Waals surface area contributed by atoms with E-state index in [1.807, 2.05) is 36.6 Å². The van der Waals surface area contributed by atoms with Gasteiger partial charge < -0.3 is 14.8 Å². The number of amides is 2. The van der Waals surface area contributed by atoms with Crippen LogP contribution in [-0.2, 0) is 10.2 Å². The van der Waals surface area contributed by atoms with Gasteiger partial charge in [-0.2, -0.15) is 0 Å². The lowest BCUT2D eigenvalue weighted by atomic mass is 9.87. The smallest absolute Gasteiger partial charge is 0.270 e. The lowest BCUT2D eigenvalue weighted by Crippen LogP contribution is -2.53. The topological polar surface area (TPSA) is 56.4 Å². The second kappa shape index (κ2) is 6.70. The monoisotopic (exact) mass is 369 g/mol. The Morgan fingerprint density at radius 2 is 1.48 bits per heavy atom. The first kappa shape index (κ1) is 19.5. The van der Waals surface area contributed by atoms with Crippen LogP contribution in [0, 0.1) is 5.41 Å². The number of carbonyl (C=O) groups is 2. The summed E-state index contributed by atoms with van der Waals surface area (Å²) in [6.45, 7) is 14.7. The normalized spacial score (nSPS) is 16.1. The molecule has 2 aromatic rings. The maximum absolute atomic E-state index is 12.9. The van der Waals surface area contributed by atoms with Crippen LogP contribution < -0.4 is 0 Å². The van der Waals surface area contributed by atoms with E-state index in [4.69, 9.17) is 0 Å². The van der Waals surface area contributed by atoms with Gasteiger partial charge in [-0.05, 0) is 23.1 Å². The zero-order valence-corrected chi connectivity index (χ0v) is 17.3. The third-order valence-corrected chi connectivity index (χ3v) is 5.21. The number of nitrogens with zero attached hydrogens (tertiary/aromatic N) is 2. The Labute approximate surface area is 161 Å². The van der Waals surface area contributed by atoms with Crippen molar-refractivity contribution < 1.29 is 9.59 Å². The number of benzene rings is 1. The summed E-state index contributed by atoms with van der Waals surface area (Å²) in [5.41, 5.74) is 2.54. The minimum absolute atomic E-state index is 0.00589. The highest BCUT2D eigenvalue weighted by Gasteiger charge is 2.31. The number of aromatic nitrogens is 1. The van der Waals surface area contributed by atoms with Crippen LogP contribution in [-0.4, -0.2) is 52.8 Å². The first-order valence-electron chi connectivity index (χ1n) is 9.69. The highest BCUT2D eigenvalue weighted by atomic mass is 16.2. The number of hydrogen-bond donors (Lipinski definition) is 1. The first-order valence-corrected chi connectivity index (χ1v) is 9.69. The number of H-pyrrole nitrogens is 1. The minimum Gasteiger partial charge on any atom is -0.351 e. The summed E-state index contributed by atoms with van der Waals surface area (Å²) < 4.78 is 0. The van der Waals surface area contributed by atoms with Crippen LogP contribution in [0.15, 0.2) is 24.3 Å². The second-order valence-corrected chi connectivity index (χ2v) is 9.57. The predicted octanol–water partition coefficient (Wildman–Crippen LogP) is 3.80. The summed E-state index contributed by atoms with van der Waals surface area (Å²) in [6, 6.07) is 8.26. The Morgan fingerprint density at radius 1 is 0.889 bits per heavy atom. The molecule has 0 radical (unpaired) electrons. The van der Waals surface area contributed by atoms with Crippen molar-refractivity contribution in [2.45, 2.75) is 47.0 Å². The van der Waals surface area contributed by atoms with Crippen LogP contribution >= 0.6 is 0 Å². The molecule has 2 amide bonds. The standard InChI is InChI=1S/C22H31N3O2/c1-21(2,3)16-8-7-15-13-18(23-17(15)14-16)19(26)24-9-11-25(12-10-24)20(27)22(4,5)6/h7-8,13-14,23H,9-12H2,1-6H3.